The van der Waals surface area contributed by atoms with E-state index in [4.69, 9.17) is 18.3 Å². The lowest BCUT2D eigenvalue weighted by atomic mass is 10.2. The topological polar surface area (TPSA) is 88.4 Å². The third-order valence-corrected chi connectivity index (χ3v) is 4.53. The quantitative estimate of drug-likeness (QED) is 0.404. The Bertz CT molecular complexity index is 789. The molecule has 0 aliphatic heterocycles. The minimum atomic E-state index is -0.772. The Kier molecular flexibility index (Phi) is 9.26. The van der Waals surface area contributed by atoms with Crippen LogP contribution in [0.2, 0.25) is 0 Å². The lowest BCUT2D eigenvalue weighted by Gasteiger charge is -2.27. The first-order chi connectivity index (χ1) is 15.1. The van der Waals surface area contributed by atoms with Gasteiger partial charge in [-0.1, -0.05) is 12.1 Å². The van der Waals surface area contributed by atoms with Crippen molar-refractivity contribution in [2.75, 3.05) is 26.3 Å². The number of ether oxygens (including phenoxy) is 2. The molecule has 31 heavy (non-hydrogen) atoms. The van der Waals surface area contributed by atoms with E-state index in [1.807, 2.05) is 4.90 Å². The molecule has 2 unspecified atom stereocenters. The molecule has 0 aliphatic carbocycles. The first-order valence-electron chi connectivity index (χ1n) is 10.1. The van der Waals surface area contributed by atoms with Crippen LogP contribution in [0, 0.1) is 5.82 Å². The molecular formula is C23H28FNO6. The highest BCUT2D eigenvalue weighted by Gasteiger charge is 2.17. The van der Waals surface area contributed by atoms with Crippen molar-refractivity contribution < 1.29 is 32.9 Å². The molecule has 7 nitrogen and oxygen atoms in total. The number of halogens is 1. The second kappa shape index (κ2) is 12.4. The first-order valence-corrected chi connectivity index (χ1v) is 10.1. The predicted octanol–water partition coefficient (Wildman–Crippen LogP) is 2.97. The smallest absolute Gasteiger partial charge is 0.129 e. The molecule has 2 atom stereocenters. The number of aliphatic hydroxyl groups excluding tert-OH is 2. The minimum Gasteiger partial charge on any atom is -0.467 e. The van der Waals surface area contributed by atoms with Crippen LogP contribution < -0.4 is 0 Å². The lowest BCUT2D eigenvalue weighted by molar-refractivity contribution is -0.0211. The van der Waals surface area contributed by atoms with E-state index in [1.54, 1.807) is 48.9 Å². The number of nitrogens with zero attached hydrogens (tertiary/aromatic N) is 1. The summed E-state index contributed by atoms with van der Waals surface area (Å²) in [5.74, 6) is 1.05. The van der Waals surface area contributed by atoms with Gasteiger partial charge in [0.25, 0.3) is 0 Å². The molecule has 3 aromatic rings. The lowest BCUT2D eigenvalue weighted by Crippen LogP contribution is -2.40. The van der Waals surface area contributed by atoms with Crippen LogP contribution in [-0.2, 0) is 29.2 Å². The number of furan rings is 2. The molecule has 0 fully saturated rings. The van der Waals surface area contributed by atoms with Gasteiger partial charge in [0.05, 0.1) is 37.9 Å². The van der Waals surface area contributed by atoms with Gasteiger partial charge in [-0.3, -0.25) is 4.90 Å². The van der Waals surface area contributed by atoms with Gasteiger partial charge in [-0.25, -0.2) is 4.39 Å². The molecule has 3 rings (SSSR count). The van der Waals surface area contributed by atoms with Crippen LogP contribution in [0.4, 0.5) is 4.39 Å². The first kappa shape index (κ1) is 23.2. The van der Waals surface area contributed by atoms with Crippen molar-refractivity contribution in [2.45, 2.75) is 32.0 Å². The van der Waals surface area contributed by atoms with Crippen molar-refractivity contribution in [1.29, 1.82) is 0 Å². The third kappa shape index (κ3) is 8.64. The highest BCUT2D eigenvalue weighted by molar-refractivity contribution is 5.16. The molecule has 2 aromatic heterocycles. The molecule has 0 saturated heterocycles. The van der Waals surface area contributed by atoms with E-state index in [0.717, 1.165) is 5.56 Å². The van der Waals surface area contributed by atoms with Crippen LogP contribution >= 0.6 is 0 Å². The van der Waals surface area contributed by atoms with Gasteiger partial charge in [0.15, 0.2) is 0 Å². The Hall–Kier alpha value is -2.49. The van der Waals surface area contributed by atoms with Gasteiger partial charge >= 0.3 is 0 Å². The highest BCUT2D eigenvalue weighted by atomic mass is 19.1. The van der Waals surface area contributed by atoms with E-state index in [9.17, 15) is 14.6 Å². The molecule has 168 valence electrons. The monoisotopic (exact) mass is 433 g/mol. The van der Waals surface area contributed by atoms with Crippen molar-refractivity contribution in [3.8, 4) is 0 Å². The summed E-state index contributed by atoms with van der Waals surface area (Å²) in [7, 11) is 0. The Morgan fingerprint density at radius 3 is 1.77 bits per heavy atom. The number of aliphatic hydroxyl groups is 2. The number of rotatable bonds is 14. The summed E-state index contributed by atoms with van der Waals surface area (Å²) in [6, 6.07) is 13.3. The Morgan fingerprint density at radius 2 is 1.32 bits per heavy atom. The molecule has 2 N–H and O–H groups in total. The highest BCUT2D eigenvalue weighted by Crippen LogP contribution is 2.10. The molecule has 8 heteroatoms. The van der Waals surface area contributed by atoms with E-state index < -0.39 is 12.2 Å². The van der Waals surface area contributed by atoms with Gasteiger partial charge in [0, 0.05) is 19.6 Å². The summed E-state index contributed by atoms with van der Waals surface area (Å²) in [4.78, 5) is 1.88. The van der Waals surface area contributed by atoms with E-state index in [2.05, 4.69) is 0 Å². The molecule has 0 amide bonds. The zero-order valence-electron chi connectivity index (χ0n) is 17.2. The summed E-state index contributed by atoms with van der Waals surface area (Å²) >= 11 is 0. The number of hydrogen-bond acceptors (Lipinski definition) is 7. The summed E-state index contributed by atoms with van der Waals surface area (Å²) in [6.45, 7) is 1.74. The molecular weight excluding hydrogens is 405 g/mol. The van der Waals surface area contributed by atoms with Crippen LogP contribution in [0.25, 0.3) is 0 Å². The SMILES string of the molecule is OC(COCc1ccco1)CN(Cc1ccc(F)cc1)CC(O)COCc1ccco1. The van der Waals surface area contributed by atoms with Crippen molar-refractivity contribution in [3.05, 3.63) is 84.0 Å². The fourth-order valence-electron chi connectivity index (χ4n) is 3.13. The maximum Gasteiger partial charge on any atom is 0.129 e. The van der Waals surface area contributed by atoms with Crippen LogP contribution in [0.1, 0.15) is 17.1 Å². The summed E-state index contributed by atoms with van der Waals surface area (Å²) in [6.07, 6.45) is 1.59. The molecule has 2 heterocycles. The van der Waals surface area contributed by atoms with Gasteiger partial charge in [-0.15, -0.1) is 0 Å². The molecule has 1 aromatic carbocycles. The fraction of sp³-hybridized carbons (Fsp3) is 0.391. The summed E-state index contributed by atoms with van der Waals surface area (Å²) in [5, 5.41) is 20.8. The zero-order chi connectivity index (χ0) is 21.9. The van der Waals surface area contributed by atoms with Crippen LogP contribution in [-0.4, -0.2) is 53.6 Å². The fourth-order valence-corrected chi connectivity index (χ4v) is 3.13. The van der Waals surface area contributed by atoms with Crippen LogP contribution in [0.3, 0.4) is 0 Å². The van der Waals surface area contributed by atoms with E-state index in [0.29, 0.717) is 18.1 Å². The second-order valence-electron chi connectivity index (χ2n) is 7.32. The Morgan fingerprint density at radius 1 is 0.806 bits per heavy atom. The average molecular weight is 433 g/mol. The number of benzene rings is 1. The van der Waals surface area contributed by atoms with Gasteiger partial charge in [-0.05, 0) is 42.0 Å². The van der Waals surface area contributed by atoms with Gasteiger partial charge in [0.1, 0.15) is 30.6 Å². The van der Waals surface area contributed by atoms with E-state index in [-0.39, 0.29) is 45.3 Å². The second-order valence-corrected chi connectivity index (χ2v) is 7.32. The standard InChI is InChI=1S/C23H28FNO6/c24-19-7-5-18(6-8-19)11-25(12-20(26)14-28-16-22-3-1-9-30-22)13-21(27)15-29-17-23-4-2-10-31-23/h1-10,20-21,26-27H,11-17H2. The van der Waals surface area contributed by atoms with Crippen LogP contribution in [0.5, 0.6) is 0 Å². The minimum absolute atomic E-state index is 0.117. The van der Waals surface area contributed by atoms with Gasteiger partial charge in [0.2, 0.25) is 0 Å². The predicted molar refractivity (Wildman–Crippen MR) is 110 cm³/mol. The zero-order valence-corrected chi connectivity index (χ0v) is 17.2. The van der Waals surface area contributed by atoms with Crippen molar-refractivity contribution >= 4 is 0 Å². The average Bonchev–Trinajstić information content (AvgIpc) is 3.44. The summed E-state index contributed by atoms with van der Waals surface area (Å²) in [5.41, 5.74) is 0.869. The van der Waals surface area contributed by atoms with Crippen LogP contribution in [0.15, 0.2) is 69.9 Å². The number of hydrogen-bond donors (Lipinski definition) is 2. The van der Waals surface area contributed by atoms with Gasteiger partial charge < -0.3 is 28.5 Å². The maximum absolute atomic E-state index is 13.2. The Balaban J connectivity index is 1.48. The molecule has 0 bridgehead atoms. The maximum atomic E-state index is 13.2. The molecule has 0 saturated carbocycles. The van der Waals surface area contributed by atoms with Crippen molar-refractivity contribution in [3.63, 3.8) is 0 Å². The normalized spacial score (nSPS) is 13.5. The summed E-state index contributed by atoms with van der Waals surface area (Å²) < 4.78 is 34.6. The molecule has 0 aliphatic rings. The Labute approximate surface area is 180 Å². The van der Waals surface area contributed by atoms with E-state index in [1.165, 1.54) is 12.1 Å². The molecule has 0 radical (unpaired) electrons. The van der Waals surface area contributed by atoms with Gasteiger partial charge in [-0.2, -0.15) is 0 Å². The van der Waals surface area contributed by atoms with Crippen molar-refractivity contribution in [1.82, 2.24) is 4.90 Å². The molecule has 0 spiro atoms. The third-order valence-electron chi connectivity index (χ3n) is 4.53. The van der Waals surface area contributed by atoms with E-state index >= 15 is 0 Å². The van der Waals surface area contributed by atoms with Crippen molar-refractivity contribution in [2.24, 2.45) is 0 Å². The largest absolute Gasteiger partial charge is 0.467 e.